The Morgan fingerprint density at radius 2 is 2.07 bits per heavy atom. The molecule has 0 saturated heterocycles. The molecule has 3 nitrogen and oxygen atoms in total. The van der Waals surface area contributed by atoms with Gasteiger partial charge in [-0.3, -0.25) is 0 Å². The van der Waals surface area contributed by atoms with Crippen molar-refractivity contribution in [3.05, 3.63) is 48.3 Å². The standard InChI is InChI=1S/C12H11N3/c13-8-4-5-11-9-14-15(10-11)12-6-2-1-3-7-12/h1-3,6-7,9-10H,8,13H2. The fraction of sp³-hybridized carbons (Fsp3) is 0.0833. The molecule has 2 rings (SSSR count). The Bertz CT molecular complexity index is 488. The highest BCUT2D eigenvalue weighted by Gasteiger charge is 1.96. The lowest BCUT2D eigenvalue weighted by Gasteiger charge is -1.97. The minimum absolute atomic E-state index is 0.372. The van der Waals surface area contributed by atoms with E-state index in [-0.39, 0.29) is 0 Å². The SMILES string of the molecule is NCC#Cc1cnn(-c2ccccc2)c1. The summed E-state index contributed by atoms with van der Waals surface area (Å²) in [6.07, 6.45) is 3.62. The van der Waals surface area contributed by atoms with Crippen LogP contribution in [0.4, 0.5) is 0 Å². The Hall–Kier alpha value is -2.05. The van der Waals surface area contributed by atoms with Crippen LogP contribution >= 0.6 is 0 Å². The van der Waals surface area contributed by atoms with Gasteiger partial charge in [0.15, 0.2) is 0 Å². The topological polar surface area (TPSA) is 43.8 Å². The molecule has 0 aliphatic rings. The molecule has 2 N–H and O–H groups in total. The second kappa shape index (κ2) is 4.45. The summed E-state index contributed by atoms with van der Waals surface area (Å²) in [5.41, 5.74) is 7.20. The first-order valence-corrected chi connectivity index (χ1v) is 4.69. The number of hydrogen-bond donors (Lipinski definition) is 1. The van der Waals surface area contributed by atoms with Gasteiger partial charge < -0.3 is 5.73 Å². The predicted molar refractivity (Wildman–Crippen MR) is 59.5 cm³/mol. The molecule has 0 amide bonds. The normalized spacial score (nSPS) is 9.40. The van der Waals surface area contributed by atoms with E-state index < -0.39 is 0 Å². The van der Waals surface area contributed by atoms with Gasteiger partial charge in [-0.25, -0.2) is 4.68 Å². The molecule has 1 aromatic heterocycles. The third kappa shape index (κ3) is 2.25. The maximum Gasteiger partial charge on any atom is 0.0651 e. The van der Waals surface area contributed by atoms with E-state index in [2.05, 4.69) is 16.9 Å². The molecule has 3 heteroatoms. The molecule has 2 aromatic rings. The third-order valence-corrected chi connectivity index (χ3v) is 1.94. The van der Waals surface area contributed by atoms with Gasteiger partial charge in [-0.15, -0.1) is 0 Å². The lowest BCUT2D eigenvalue weighted by molar-refractivity contribution is 0.880. The molecule has 1 aromatic carbocycles. The van der Waals surface area contributed by atoms with Crippen molar-refractivity contribution in [3.63, 3.8) is 0 Å². The Morgan fingerprint density at radius 3 is 2.80 bits per heavy atom. The monoisotopic (exact) mass is 197 g/mol. The summed E-state index contributed by atoms with van der Waals surface area (Å²) in [4.78, 5) is 0. The van der Waals surface area contributed by atoms with Crippen molar-refractivity contribution in [3.8, 4) is 17.5 Å². The number of nitrogens with two attached hydrogens (primary N) is 1. The summed E-state index contributed by atoms with van der Waals surface area (Å²) < 4.78 is 1.79. The van der Waals surface area contributed by atoms with Crippen molar-refractivity contribution in [2.24, 2.45) is 5.73 Å². The number of aromatic nitrogens is 2. The second-order valence-electron chi connectivity index (χ2n) is 3.02. The van der Waals surface area contributed by atoms with Crippen LogP contribution in [0.1, 0.15) is 5.56 Å². The molecule has 74 valence electrons. The number of rotatable bonds is 1. The molecule has 0 saturated carbocycles. The molecule has 0 atom stereocenters. The molecule has 0 bridgehead atoms. The Labute approximate surface area is 88.5 Å². The molecule has 0 radical (unpaired) electrons. The van der Waals surface area contributed by atoms with Crippen LogP contribution in [-0.4, -0.2) is 16.3 Å². The van der Waals surface area contributed by atoms with E-state index in [1.165, 1.54) is 0 Å². The van der Waals surface area contributed by atoms with Gasteiger partial charge >= 0.3 is 0 Å². The maximum atomic E-state index is 5.29. The smallest absolute Gasteiger partial charge is 0.0651 e. The quantitative estimate of drug-likeness (QED) is 0.698. The van der Waals surface area contributed by atoms with Gasteiger partial charge in [-0.1, -0.05) is 30.0 Å². The van der Waals surface area contributed by atoms with Gasteiger partial charge in [-0.05, 0) is 12.1 Å². The van der Waals surface area contributed by atoms with Crippen molar-refractivity contribution in [1.29, 1.82) is 0 Å². The van der Waals surface area contributed by atoms with Crippen molar-refractivity contribution >= 4 is 0 Å². The summed E-state index contributed by atoms with van der Waals surface area (Å²) in [6.45, 7) is 0.372. The van der Waals surface area contributed by atoms with E-state index in [9.17, 15) is 0 Å². The Morgan fingerprint density at radius 1 is 1.27 bits per heavy atom. The third-order valence-electron chi connectivity index (χ3n) is 1.94. The second-order valence-corrected chi connectivity index (χ2v) is 3.02. The summed E-state index contributed by atoms with van der Waals surface area (Å²) in [5.74, 6) is 5.73. The molecule has 0 unspecified atom stereocenters. The zero-order valence-corrected chi connectivity index (χ0v) is 8.22. The van der Waals surface area contributed by atoms with Crippen LogP contribution in [0, 0.1) is 11.8 Å². The van der Waals surface area contributed by atoms with E-state index in [1.807, 2.05) is 36.5 Å². The largest absolute Gasteiger partial charge is 0.320 e. The zero-order chi connectivity index (χ0) is 10.5. The van der Waals surface area contributed by atoms with Crippen LogP contribution in [0.25, 0.3) is 5.69 Å². The first kappa shape index (κ1) is 9.50. The molecular formula is C12H11N3. The van der Waals surface area contributed by atoms with Crippen LogP contribution in [-0.2, 0) is 0 Å². The highest BCUT2D eigenvalue weighted by atomic mass is 15.3. The molecular weight excluding hydrogens is 186 g/mol. The van der Waals surface area contributed by atoms with Gasteiger partial charge in [-0.2, -0.15) is 5.10 Å². The molecule has 0 spiro atoms. The minimum Gasteiger partial charge on any atom is -0.320 e. The van der Waals surface area contributed by atoms with Crippen molar-refractivity contribution in [2.75, 3.05) is 6.54 Å². The Kier molecular flexibility index (Phi) is 2.82. The van der Waals surface area contributed by atoms with Gasteiger partial charge in [0.1, 0.15) is 0 Å². The van der Waals surface area contributed by atoms with Crippen LogP contribution < -0.4 is 5.73 Å². The summed E-state index contributed by atoms with van der Waals surface area (Å²) >= 11 is 0. The first-order valence-electron chi connectivity index (χ1n) is 4.69. The Balaban J connectivity index is 2.28. The average molecular weight is 197 g/mol. The highest BCUT2D eigenvalue weighted by molar-refractivity contribution is 5.36. The van der Waals surface area contributed by atoms with Crippen LogP contribution in [0.2, 0.25) is 0 Å². The van der Waals surface area contributed by atoms with Crippen molar-refractivity contribution in [2.45, 2.75) is 0 Å². The van der Waals surface area contributed by atoms with E-state index in [0.29, 0.717) is 6.54 Å². The van der Waals surface area contributed by atoms with Crippen molar-refractivity contribution < 1.29 is 0 Å². The maximum absolute atomic E-state index is 5.29. The molecule has 0 aliphatic heterocycles. The van der Waals surface area contributed by atoms with E-state index >= 15 is 0 Å². The fourth-order valence-corrected chi connectivity index (χ4v) is 1.26. The van der Waals surface area contributed by atoms with Crippen LogP contribution in [0.3, 0.4) is 0 Å². The minimum atomic E-state index is 0.372. The molecule has 1 heterocycles. The van der Waals surface area contributed by atoms with Crippen molar-refractivity contribution in [1.82, 2.24) is 9.78 Å². The molecule has 15 heavy (non-hydrogen) atoms. The molecule has 0 fully saturated rings. The van der Waals surface area contributed by atoms with E-state index in [0.717, 1.165) is 11.3 Å². The lowest BCUT2D eigenvalue weighted by atomic mass is 10.3. The highest BCUT2D eigenvalue weighted by Crippen LogP contribution is 2.06. The van der Waals surface area contributed by atoms with Gasteiger partial charge in [0, 0.05) is 6.20 Å². The summed E-state index contributed by atoms with van der Waals surface area (Å²) in [6, 6.07) is 9.91. The average Bonchev–Trinajstić information content (AvgIpc) is 2.76. The van der Waals surface area contributed by atoms with Gasteiger partial charge in [0.05, 0.1) is 24.0 Å². The van der Waals surface area contributed by atoms with Crippen LogP contribution in [0.5, 0.6) is 0 Å². The predicted octanol–water partition coefficient (Wildman–Crippen LogP) is 1.18. The molecule has 0 aliphatic carbocycles. The van der Waals surface area contributed by atoms with Crippen LogP contribution in [0.15, 0.2) is 42.7 Å². The lowest BCUT2D eigenvalue weighted by Crippen LogP contribution is -1.93. The number of nitrogens with zero attached hydrogens (tertiary/aromatic N) is 2. The number of benzene rings is 1. The summed E-state index contributed by atoms with van der Waals surface area (Å²) in [5, 5.41) is 4.21. The van der Waals surface area contributed by atoms with E-state index in [1.54, 1.807) is 10.9 Å². The van der Waals surface area contributed by atoms with Gasteiger partial charge in [0.2, 0.25) is 0 Å². The number of hydrogen-bond acceptors (Lipinski definition) is 2. The summed E-state index contributed by atoms with van der Waals surface area (Å²) in [7, 11) is 0. The van der Waals surface area contributed by atoms with Gasteiger partial charge in [0.25, 0.3) is 0 Å². The zero-order valence-electron chi connectivity index (χ0n) is 8.22. The van der Waals surface area contributed by atoms with E-state index in [4.69, 9.17) is 5.73 Å². The number of para-hydroxylation sites is 1. The fourth-order valence-electron chi connectivity index (χ4n) is 1.26. The first-order chi connectivity index (χ1) is 7.40.